The van der Waals surface area contributed by atoms with Gasteiger partial charge in [0.1, 0.15) is 18.1 Å². The van der Waals surface area contributed by atoms with E-state index in [9.17, 15) is 15.0 Å². The number of ether oxygens (including phenoxy) is 1. The van der Waals surface area contributed by atoms with Crippen molar-refractivity contribution in [2.45, 2.75) is 46.5 Å². The molecular weight excluding hydrogens is 390 g/mol. The number of cyclic esters (lactones) is 1. The molecule has 1 aliphatic heterocycles. The minimum absolute atomic E-state index is 0.118. The van der Waals surface area contributed by atoms with Gasteiger partial charge in [0.2, 0.25) is 0 Å². The average molecular weight is 424 g/mol. The Morgan fingerprint density at radius 3 is 2.39 bits per heavy atom. The minimum atomic E-state index is -0.469. The lowest BCUT2D eigenvalue weighted by molar-refractivity contribution is -0.144. The van der Waals surface area contributed by atoms with Crippen LogP contribution >= 0.6 is 0 Å². The first kappa shape index (κ1) is 22.7. The molecule has 2 aromatic carbocycles. The summed E-state index contributed by atoms with van der Waals surface area (Å²) in [6.45, 7) is 7.11. The number of phenolic OH excluding ortho intramolecular Hbond substituents is 1. The first-order chi connectivity index (χ1) is 14.8. The SMILES string of the molecule is CCCCN(C1=C(O)[C@@H](C(C)(C)CCc2ccc(O)cc2)COC1=O)c1ccccc1. The van der Waals surface area contributed by atoms with Crippen LogP contribution in [0.2, 0.25) is 0 Å². The van der Waals surface area contributed by atoms with E-state index in [1.54, 1.807) is 12.1 Å². The van der Waals surface area contributed by atoms with E-state index in [1.165, 1.54) is 0 Å². The Labute approximate surface area is 185 Å². The van der Waals surface area contributed by atoms with Crippen LogP contribution < -0.4 is 4.90 Å². The van der Waals surface area contributed by atoms with Crippen LogP contribution in [0, 0.1) is 11.3 Å². The van der Waals surface area contributed by atoms with Crippen LogP contribution in [0.5, 0.6) is 5.75 Å². The van der Waals surface area contributed by atoms with Gasteiger partial charge in [-0.1, -0.05) is 57.5 Å². The molecule has 0 radical (unpaired) electrons. The van der Waals surface area contributed by atoms with Crippen molar-refractivity contribution >= 4 is 11.7 Å². The number of aliphatic hydroxyl groups is 1. The van der Waals surface area contributed by atoms with Crippen LogP contribution in [0.3, 0.4) is 0 Å². The fourth-order valence-corrected chi connectivity index (χ4v) is 4.02. The summed E-state index contributed by atoms with van der Waals surface area (Å²) in [5.74, 6) is -0.388. The van der Waals surface area contributed by atoms with E-state index in [2.05, 4.69) is 20.8 Å². The third-order valence-corrected chi connectivity index (χ3v) is 6.16. The maximum Gasteiger partial charge on any atom is 0.358 e. The normalized spacial score (nSPS) is 16.9. The van der Waals surface area contributed by atoms with E-state index in [-0.39, 0.29) is 35.1 Å². The van der Waals surface area contributed by atoms with Gasteiger partial charge in [-0.15, -0.1) is 0 Å². The summed E-state index contributed by atoms with van der Waals surface area (Å²) in [5, 5.41) is 20.8. The summed E-state index contributed by atoms with van der Waals surface area (Å²) < 4.78 is 5.58. The fourth-order valence-electron chi connectivity index (χ4n) is 4.02. The maximum atomic E-state index is 12.8. The highest BCUT2D eigenvalue weighted by molar-refractivity contribution is 5.94. The van der Waals surface area contributed by atoms with Gasteiger partial charge in [-0.25, -0.2) is 4.79 Å². The zero-order chi connectivity index (χ0) is 22.4. The number of aryl methyl sites for hydroxylation is 1. The molecule has 1 aliphatic rings. The number of carbonyl (C=O) groups excluding carboxylic acids is 1. The largest absolute Gasteiger partial charge is 0.509 e. The molecule has 2 aromatic rings. The third-order valence-electron chi connectivity index (χ3n) is 6.16. The lowest BCUT2D eigenvalue weighted by Crippen LogP contribution is -2.41. The standard InChI is InChI=1S/C26H33NO4/c1-4-5-17-27(20-9-7-6-8-10-20)23-24(29)22(18-31-25(23)30)26(2,3)16-15-19-11-13-21(28)14-12-19/h6-14,22,28-29H,4-5,15-18H2,1-3H3/t22-/m0/s1. The van der Waals surface area contributed by atoms with E-state index in [1.807, 2.05) is 47.4 Å². The van der Waals surface area contributed by atoms with Crippen molar-refractivity contribution in [3.63, 3.8) is 0 Å². The number of benzene rings is 2. The highest BCUT2D eigenvalue weighted by Gasteiger charge is 2.41. The average Bonchev–Trinajstić information content (AvgIpc) is 2.76. The number of nitrogens with zero attached hydrogens (tertiary/aromatic N) is 1. The van der Waals surface area contributed by atoms with Crippen molar-refractivity contribution < 1.29 is 19.7 Å². The number of unbranched alkanes of at least 4 members (excludes halogenated alkanes) is 1. The van der Waals surface area contributed by atoms with Gasteiger partial charge in [-0.05, 0) is 54.5 Å². The molecular formula is C26H33NO4. The molecule has 0 aromatic heterocycles. The molecule has 0 aliphatic carbocycles. The van der Waals surface area contributed by atoms with Crippen LogP contribution in [0.1, 0.15) is 45.6 Å². The Morgan fingerprint density at radius 1 is 1.06 bits per heavy atom. The first-order valence-corrected chi connectivity index (χ1v) is 11.0. The molecule has 166 valence electrons. The molecule has 1 heterocycles. The van der Waals surface area contributed by atoms with Gasteiger partial charge < -0.3 is 19.8 Å². The number of anilines is 1. The van der Waals surface area contributed by atoms with Crippen molar-refractivity contribution in [2.24, 2.45) is 11.3 Å². The number of esters is 1. The van der Waals surface area contributed by atoms with Crippen molar-refractivity contribution in [3.05, 3.63) is 71.6 Å². The Morgan fingerprint density at radius 2 is 1.74 bits per heavy atom. The zero-order valence-electron chi connectivity index (χ0n) is 18.7. The van der Waals surface area contributed by atoms with Gasteiger partial charge >= 0.3 is 5.97 Å². The van der Waals surface area contributed by atoms with Gasteiger partial charge in [-0.3, -0.25) is 0 Å². The maximum absolute atomic E-state index is 12.8. The number of aromatic hydroxyl groups is 1. The van der Waals surface area contributed by atoms with Crippen molar-refractivity contribution in [2.75, 3.05) is 18.1 Å². The van der Waals surface area contributed by atoms with E-state index in [0.717, 1.165) is 36.9 Å². The van der Waals surface area contributed by atoms with Gasteiger partial charge in [0.15, 0.2) is 5.70 Å². The monoisotopic (exact) mass is 423 g/mol. The van der Waals surface area contributed by atoms with Crippen LogP contribution in [-0.2, 0) is 16.0 Å². The minimum Gasteiger partial charge on any atom is -0.509 e. The molecule has 0 saturated heterocycles. The summed E-state index contributed by atoms with van der Waals surface area (Å²) in [6, 6.07) is 16.9. The highest BCUT2D eigenvalue weighted by atomic mass is 16.5. The number of para-hydroxylation sites is 1. The van der Waals surface area contributed by atoms with Gasteiger partial charge in [-0.2, -0.15) is 0 Å². The van der Waals surface area contributed by atoms with Gasteiger partial charge in [0.25, 0.3) is 0 Å². The first-order valence-electron chi connectivity index (χ1n) is 11.0. The lowest BCUT2D eigenvalue weighted by Gasteiger charge is -2.39. The molecule has 5 heteroatoms. The number of hydrogen-bond donors (Lipinski definition) is 2. The van der Waals surface area contributed by atoms with Crippen molar-refractivity contribution in [1.82, 2.24) is 0 Å². The summed E-state index contributed by atoms with van der Waals surface area (Å²) >= 11 is 0. The molecule has 0 bridgehead atoms. The number of phenols is 1. The number of rotatable bonds is 9. The highest BCUT2D eigenvalue weighted by Crippen LogP contribution is 2.41. The predicted octanol–water partition coefficient (Wildman–Crippen LogP) is 5.60. The van der Waals surface area contributed by atoms with Gasteiger partial charge in [0, 0.05) is 12.2 Å². The van der Waals surface area contributed by atoms with E-state index in [0.29, 0.717) is 6.54 Å². The smallest absolute Gasteiger partial charge is 0.358 e. The van der Waals surface area contributed by atoms with Gasteiger partial charge in [0.05, 0.1) is 5.92 Å². The fraction of sp³-hybridized carbons (Fsp3) is 0.423. The molecule has 2 N–H and O–H groups in total. The molecule has 1 atom stereocenters. The van der Waals surface area contributed by atoms with E-state index >= 15 is 0 Å². The van der Waals surface area contributed by atoms with E-state index < -0.39 is 5.97 Å². The topological polar surface area (TPSA) is 70.0 Å². The molecule has 0 unspecified atom stereocenters. The van der Waals surface area contributed by atoms with Crippen LogP contribution in [-0.4, -0.2) is 29.3 Å². The summed E-state index contributed by atoms with van der Waals surface area (Å²) in [7, 11) is 0. The second-order valence-corrected chi connectivity index (χ2v) is 8.88. The van der Waals surface area contributed by atoms with Crippen molar-refractivity contribution in [3.8, 4) is 5.75 Å². The summed E-state index contributed by atoms with van der Waals surface area (Å²) in [6.07, 6.45) is 3.48. The summed E-state index contributed by atoms with van der Waals surface area (Å²) in [5.41, 5.74) is 1.96. The van der Waals surface area contributed by atoms with Crippen LogP contribution in [0.25, 0.3) is 0 Å². The number of aliphatic hydroxyl groups excluding tert-OH is 1. The quantitative estimate of drug-likeness (QED) is 0.514. The van der Waals surface area contributed by atoms with Crippen molar-refractivity contribution in [1.29, 1.82) is 0 Å². The molecule has 3 rings (SSSR count). The molecule has 31 heavy (non-hydrogen) atoms. The Kier molecular flexibility index (Phi) is 7.26. The number of carbonyl (C=O) groups is 1. The molecule has 5 nitrogen and oxygen atoms in total. The van der Waals surface area contributed by atoms with Crippen LogP contribution in [0.15, 0.2) is 66.1 Å². The summed E-state index contributed by atoms with van der Waals surface area (Å²) in [4.78, 5) is 14.7. The lowest BCUT2D eigenvalue weighted by atomic mass is 9.73. The molecule has 0 fully saturated rings. The van der Waals surface area contributed by atoms with Crippen LogP contribution in [0.4, 0.5) is 5.69 Å². The predicted molar refractivity (Wildman–Crippen MR) is 123 cm³/mol. The molecule has 0 amide bonds. The Balaban J connectivity index is 1.88. The number of hydrogen-bond acceptors (Lipinski definition) is 5. The molecule has 0 spiro atoms. The van der Waals surface area contributed by atoms with E-state index in [4.69, 9.17) is 4.74 Å². The third kappa shape index (κ3) is 5.40. The zero-order valence-corrected chi connectivity index (χ0v) is 18.7. The Bertz CT molecular complexity index is 903. The second-order valence-electron chi connectivity index (χ2n) is 8.88. The second kappa shape index (κ2) is 9.90. The molecule has 0 saturated carbocycles. The Hall–Kier alpha value is -2.95.